The van der Waals surface area contributed by atoms with Crippen molar-refractivity contribution in [2.24, 2.45) is 0 Å². The summed E-state index contributed by atoms with van der Waals surface area (Å²) in [6.07, 6.45) is 0.444. The number of methoxy groups -OCH3 is 1. The summed E-state index contributed by atoms with van der Waals surface area (Å²) >= 11 is 0. The van der Waals surface area contributed by atoms with E-state index in [0.717, 1.165) is 6.54 Å². The van der Waals surface area contributed by atoms with E-state index in [4.69, 9.17) is 9.57 Å². The first kappa shape index (κ1) is 12.3. The van der Waals surface area contributed by atoms with Crippen LogP contribution >= 0.6 is 0 Å². The highest BCUT2D eigenvalue weighted by atomic mass is 16.7. The minimum Gasteiger partial charge on any atom is -0.382 e. The molecule has 1 amide bonds. The molecule has 0 aliphatic rings. The Bertz CT molecular complexity index is 139. The Hall–Kier alpha value is -0.650. The summed E-state index contributed by atoms with van der Waals surface area (Å²) in [5.41, 5.74) is 2.33. The number of carbonyl (C=O) groups excluding carboxylic acids is 1. The van der Waals surface area contributed by atoms with Crippen LogP contribution in [0.3, 0.4) is 0 Å². The number of hydrogen-bond acceptors (Lipinski definition) is 4. The van der Waals surface area contributed by atoms with Crippen LogP contribution in [0.25, 0.3) is 0 Å². The SMILES string of the molecule is COCCONC(=O)CCN(C)C. The van der Waals surface area contributed by atoms with Gasteiger partial charge in [0.1, 0.15) is 0 Å². The zero-order chi connectivity index (χ0) is 10.1. The molecule has 0 aromatic rings. The molecule has 78 valence electrons. The molecular formula is C8H18N2O3. The summed E-state index contributed by atoms with van der Waals surface area (Å²) in [6.45, 7) is 1.58. The fourth-order valence-electron chi connectivity index (χ4n) is 0.633. The molecule has 0 radical (unpaired) electrons. The first-order valence-electron chi connectivity index (χ1n) is 4.21. The highest BCUT2D eigenvalue weighted by Crippen LogP contribution is 1.83. The molecule has 0 aliphatic heterocycles. The molecule has 0 aliphatic carbocycles. The predicted octanol–water partition coefficient (Wildman–Crippen LogP) is -0.368. The summed E-state index contributed by atoms with van der Waals surface area (Å²) in [7, 11) is 5.41. The maximum Gasteiger partial charge on any atom is 0.244 e. The van der Waals surface area contributed by atoms with Crippen molar-refractivity contribution >= 4 is 5.91 Å². The molecule has 0 heterocycles. The highest BCUT2D eigenvalue weighted by Gasteiger charge is 2.00. The van der Waals surface area contributed by atoms with Crippen LogP contribution in [-0.4, -0.2) is 51.8 Å². The Morgan fingerprint density at radius 3 is 2.62 bits per heavy atom. The number of hydroxylamine groups is 1. The van der Waals surface area contributed by atoms with E-state index in [0.29, 0.717) is 19.6 Å². The molecule has 0 aromatic heterocycles. The minimum atomic E-state index is -0.107. The predicted molar refractivity (Wildman–Crippen MR) is 49.1 cm³/mol. The van der Waals surface area contributed by atoms with E-state index in [2.05, 4.69) is 5.48 Å². The largest absolute Gasteiger partial charge is 0.382 e. The van der Waals surface area contributed by atoms with Gasteiger partial charge in [-0.25, -0.2) is 5.48 Å². The fraction of sp³-hybridized carbons (Fsp3) is 0.875. The Balaban J connectivity index is 3.20. The number of ether oxygens (including phenoxy) is 1. The van der Waals surface area contributed by atoms with E-state index in [9.17, 15) is 4.79 Å². The van der Waals surface area contributed by atoms with Crippen LogP contribution < -0.4 is 5.48 Å². The average molecular weight is 190 g/mol. The second-order valence-electron chi connectivity index (χ2n) is 2.92. The van der Waals surface area contributed by atoms with Crippen molar-refractivity contribution < 1.29 is 14.4 Å². The van der Waals surface area contributed by atoms with Gasteiger partial charge in [0, 0.05) is 20.1 Å². The number of nitrogens with one attached hydrogen (secondary N) is 1. The lowest BCUT2D eigenvalue weighted by Gasteiger charge is -2.09. The van der Waals surface area contributed by atoms with Gasteiger partial charge in [0.25, 0.3) is 0 Å². The number of amides is 1. The smallest absolute Gasteiger partial charge is 0.244 e. The van der Waals surface area contributed by atoms with Gasteiger partial charge < -0.3 is 9.64 Å². The van der Waals surface area contributed by atoms with Crippen LogP contribution in [0.1, 0.15) is 6.42 Å². The molecule has 0 atom stereocenters. The number of hydrogen-bond donors (Lipinski definition) is 1. The Morgan fingerprint density at radius 2 is 2.08 bits per heavy atom. The van der Waals surface area contributed by atoms with E-state index >= 15 is 0 Å². The van der Waals surface area contributed by atoms with E-state index in [1.165, 1.54) is 0 Å². The summed E-state index contributed by atoms with van der Waals surface area (Å²) in [5.74, 6) is -0.107. The molecule has 1 N–H and O–H groups in total. The molecule has 5 heteroatoms. The molecule has 13 heavy (non-hydrogen) atoms. The molecule has 0 spiro atoms. The third kappa shape index (κ3) is 9.26. The van der Waals surface area contributed by atoms with Crippen LogP contribution in [0, 0.1) is 0 Å². The van der Waals surface area contributed by atoms with Crippen molar-refractivity contribution in [3.63, 3.8) is 0 Å². The van der Waals surface area contributed by atoms with E-state index < -0.39 is 0 Å². The van der Waals surface area contributed by atoms with Crippen LogP contribution in [-0.2, 0) is 14.4 Å². The van der Waals surface area contributed by atoms with Crippen molar-refractivity contribution in [2.75, 3.05) is 41.0 Å². The third-order valence-electron chi connectivity index (χ3n) is 1.36. The second-order valence-corrected chi connectivity index (χ2v) is 2.92. The van der Waals surface area contributed by atoms with Gasteiger partial charge in [-0.05, 0) is 14.1 Å². The molecule has 0 saturated carbocycles. The van der Waals surface area contributed by atoms with E-state index in [1.54, 1.807) is 7.11 Å². The number of nitrogens with zero attached hydrogens (tertiary/aromatic N) is 1. The maximum atomic E-state index is 11.0. The fourth-order valence-corrected chi connectivity index (χ4v) is 0.633. The zero-order valence-electron chi connectivity index (χ0n) is 8.50. The first-order valence-corrected chi connectivity index (χ1v) is 4.21. The van der Waals surface area contributed by atoms with Gasteiger partial charge in [0.15, 0.2) is 0 Å². The quantitative estimate of drug-likeness (QED) is 0.439. The molecule has 0 unspecified atom stereocenters. The monoisotopic (exact) mass is 190 g/mol. The second kappa shape index (κ2) is 7.97. The van der Waals surface area contributed by atoms with Crippen LogP contribution in [0.5, 0.6) is 0 Å². The topological polar surface area (TPSA) is 50.8 Å². The standard InChI is InChI=1S/C8H18N2O3/c1-10(2)5-4-8(11)9-13-7-6-12-3/h4-7H2,1-3H3,(H,9,11). The summed E-state index contributed by atoms with van der Waals surface area (Å²) in [6, 6.07) is 0. The van der Waals surface area contributed by atoms with Gasteiger partial charge in [-0.1, -0.05) is 0 Å². The van der Waals surface area contributed by atoms with Crippen molar-refractivity contribution in [1.82, 2.24) is 10.4 Å². The van der Waals surface area contributed by atoms with Crippen LogP contribution in [0.4, 0.5) is 0 Å². The highest BCUT2D eigenvalue weighted by molar-refractivity contribution is 5.74. The lowest BCUT2D eigenvalue weighted by molar-refractivity contribution is -0.134. The molecule has 5 nitrogen and oxygen atoms in total. The summed E-state index contributed by atoms with van der Waals surface area (Å²) in [4.78, 5) is 17.8. The summed E-state index contributed by atoms with van der Waals surface area (Å²) < 4.78 is 4.74. The van der Waals surface area contributed by atoms with Gasteiger partial charge in [-0.15, -0.1) is 0 Å². The Labute approximate surface area is 78.9 Å². The number of rotatable bonds is 7. The van der Waals surface area contributed by atoms with E-state index in [-0.39, 0.29) is 5.91 Å². The lowest BCUT2D eigenvalue weighted by Crippen LogP contribution is -2.28. The van der Waals surface area contributed by atoms with Gasteiger partial charge in [-0.3, -0.25) is 9.63 Å². The summed E-state index contributed by atoms with van der Waals surface area (Å²) in [5, 5.41) is 0. The molecule has 0 rings (SSSR count). The Morgan fingerprint density at radius 1 is 1.38 bits per heavy atom. The van der Waals surface area contributed by atoms with Gasteiger partial charge >= 0.3 is 0 Å². The van der Waals surface area contributed by atoms with Gasteiger partial charge in [0.05, 0.1) is 13.2 Å². The Kier molecular flexibility index (Phi) is 7.57. The van der Waals surface area contributed by atoms with Gasteiger partial charge in [-0.2, -0.15) is 0 Å². The third-order valence-corrected chi connectivity index (χ3v) is 1.36. The molecule has 0 aromatic carbocycles. The molecule has 0 saturated heterocycles. The number of carbonyl (C=O) groups is 1. The average Bonchev–Trinajstić information content (AvgIpc) is 2.09. The minimum absolute atomic E-state index is 0.107. The van der Waals surface area contributed by atoms with Crippen molar-refractivity contribution in [2.45, 2.75) is 6.42 Å². The molecular weight excluding hydrogens is 172 g/mol. The normalized spacial score (nSPS) is 10.5. The first-order chi connectivity index (χ1) is 6.16. The molecule has 0 fully saturated rings. The van der Waals surface area contributed by atoms with Crippen molar-refractivity contribution in [3.8, 4) is 0 Å². The van der Waals surface area contributed by atoms with E-state index in [1.807, 2.05) is 19.0 Å². The van der Waals surface area contributed by atoms with Crippen molar-refractivity contribution in [1.29, 1.82) is 0 Å². The van der Waals surface area contributed by atoms with Crippen molar-refractivity contribution in [3.05, 3.63) is 0 Å². The van der Waals surface area contributed by atoms with Gasteiger partial charge in [0.2, 0.25) is 5.91 Å². The molecule has 0 bridgehead atoms. The van der Waals surface area contributed by atoms with Crippen LogP contribution in [0.15, 0.2) is 0 Å². The lowest BCUT2D eigenvalue weighted by atomic mass is 10.4. The van der Waals surface area contributed by atoms with Crippen LogP contribution in [0.2, 0.25) is 0 Å². The zero-order valence-corrected chi connectivity index (χ0v) is 8.50. The maximum absolute atomic E-state index is 11.0.